The third-order valence-corrected chi connectivity index (χ3v) is 6.14. The molecule has 30 heavy (non-hydrogen) atoms. The maximum atomic E-state index is 13.1. The summed E-state index contributed by atoms with van der Waals surface area (Å²) in [5.41, 5.74) is 2.85. The molecule has 1 unspecified atom stereocenters. The minimum atomic E-state index is 0.0885. The molecule has 2 heterocycles. The molecule has 0 saturated carbocycles. The number of nitrogens with zero attached hydrogens (tertiary/aromatic N) is 2. The number of benzene rings is 2. The first-order chi connectivity index (χ1) is 14.6. The molecule has 3 aromatic rings. The summed E-state index contributed by atoms with van der Waals surface area (Å²) in [4.78, 5) is 20.9. The second kappa shape index (κ2) is 9.35. The smallest absolute Gasteiger partial charge is 0.270 e. The first-order valence-corrected chi connectivity index (χ1v) is 11.0. The van der Waals surface area contributed by atoms with Crippen LogP contribution in [0.1, 0.15) is 35.8 Å². The second-order valence-electron chi connectivity index (χ2n) is 8.34. The van der Waals surface area contributed by atoms with E-state index in [1.165, 1.54) is 18.4 Å². The van der Waals surface area contributed by atoms with Crippen LogP contribution in [-0.4, -0.2) is 58.5 Å². The van der Waals surface area contributed by atoms with Gasteiger partial charge in [0.25, 0.3) is 5.91 Å². The average molecular weight is 406 g/mol. The standard InChI is InChI=1S/C25H31N3O2/c1-2-28(25(30)24-16-21-9-3-4-11-23(21)26-24)18-20-8-6-13-27(17-20)14-12-19-7-5-10-22(29)15-19/h3-5,7,9-11,15-16,20,26,29H,2,6,8,12-14,17-18H2,1H3. The minimum Gasteiger partial charge on any atom is -0.508 e. The highest BCUT2D eigenvalue weighted by molar-refractivity contribution is 5.98. The summed E-state index contributed by atoms with van der Waals surface area (Å²) >= 11 is 0. The Kier molecular flexibility index (Phi) is 6.38. The van der Waals surface area contributed by atoms with Crippen LogP contribution in [0.4, 0.5) is 0 Å². The zero-order valence-corrected chi connectivity index (χ0v) is 17.7. The lowest BCUT2D eigenvalue weighted by atomic mass is 9.96. The summed E-state index contributed by atoms with van der Waals surface area (Å²) in [5.74, 6) is 0.917. The lowest BCUT2D eigenvalue weighted by Gasteiger charge is -2.35. The molecule has 0 bridgehead atoms. The normalized spacial score (nSPS) is 17.3. The SMILES string of the molecule is CCN(CC1CCCN(CCc2cccc(O)c2)C1)C(=O)c1cc2ccccc2[nH]1. The molecule has 1 atom stereocenters. The van der Waals surface area contributed by atoms with E-state index in [0.717, 1.165) is 43.5 Å². The number of phenols is 1. The van der Waals surface area contributed by atoms with Gasteiger partial charge in [-0.1, -0.05) is 30.3 Å². The fourth-order valence-electron chi connectivity index (χ4n) is 4.53. The van der Waals surface area contributed by atoms with Crippen LogP contribution in [0.5, 0.6) is 5.75 Å². The predicted molar refractivity (Wildman–Crippen MR) is 121 cm³/mol. The summed E-state index contributed by atoms with van der Waals surface area (Å²) in [7, 11) is 0. The van der Waals surface area contributed by atoms with Crippen molar-refractivity contribution in [3.63, 3.8) is 0 Å². The zero-order valence-electron chi connectivity index (χ0n) is 17.7. The van der Waals surface area contributed by atoms with Crippen molar-refractivity contribution in [3.05, 3.63) is 65.9 Å². The number of fused-ring (bicyclic) bond motifs is 1. The number of rotatable bonds is 7. The molecule has 1 aliphatic heterocycles. The Bertz CT molecular complexity index is 964. The third-order valence-electron chi connectivity index (χ3n) is 6.14. The number of aromatic amines is 1. The maximum Gasteiger partial charge on any atom is 0.270 e. The molecule has 0 radical (unpaired) electrons. The molecule has 5 nitrogen and oxygen atoms in total. The van der Waals surface area contributed by atoms with Crippen LogP contribution in [0.25, 0.3) is 10.9 Å². The van der Waals surface area contributed by atoms with Gasteiger partial charge < -0.3 is 19.9 Å². The van der Waals surface area contributed by atoms with Crippen molar-refractivity contribution in [1.29, 1.82) is 0 Å². The van der Waals surface area contributed by atoms with Gasteiger partial charge in [0.05, 0.1) is 0 Å². The summed E-state index contributed by atoms with van der Waals surface area (Å²) < 4.78 is 0. The average Bonchev–Trinajstić information content (AvgIpc) is 3.20. The maximum absolute atomic E-state index is 13.1. The molecule has 2 aromatic carbocycles. The summed E-state index contributed by atoms with van der Waals surface area (Å²) in [6.07, 6.45) is 3.27. The molecule has 158 valence electrons. The third kappa shape index (κ3) is 4.85. The number of likely N-dealkylation sites (tertiary alicyclic amines) is 1. The number of carbonyl (C=O) groups excluding carboxylic acids is 1. The number of aromatic nitrogens is 1. The largest absolute Gasteiger partial charge is 0.508 e. The second-order valence-corrected chi connectivity index (χ2v) is 8.34. The molecule has 2 N–H and O–H groups in total. The first-order valence-electron chi connectivity index (χ1n) is 11.0. The molecular formula is C25H31N3O2. The lowest BCUT2D eigenvalue weighted by molar-refractivity contribution is 0.0686. The van der Waals surface area contributed by atoms with Gasteiger partial charge in [-0.05, 0) is 68.5 Å². The fraction of sp³-hybridized carbons (Fsp3) is 0.400. The van der Waals surface area contributed by atoms with Crippen molar-refractivity contribution in [2.45, 2.75) is 26.2 Å². The van der Waals surface area contributed by atoms with Crippen molar-refractivity contribution in [1.82, 2.24) is 14.8 Å². The quantitative estimate of drug-likeness (QED) is 0.616. The van der Waals surface area contributed by atoms with Gasteiger partial charge in [-0.2, -0.15) is 0 Å². The van der Waals surface area contributed by atoms with Crippen molar-refractivity contribution in [2.24, 2.45) is 5.92 Å². The van der Waals surface area contributed by atoms with Gasteiger partial charge in [0.2, 0.25) is 0 Å². The van der Waals surface area contributed by atoms with Crippen molar-refractivity contribution >= 4 is 16.8 Å². The Morgan fingerprint density at radius 1 is 1.20 bits per heavy atom. The van der Waals surface area contributed by atoms with E-state index in [2.05, 4.69) is 22.9 Å². The Morgan fingerprint density at radius 2 is 2.07 bits per heavy atom. The van der Waals surface area contributed by atoms with Crippen molar-refractivity contribution in [3.8, 4) is 5.75 Å². The first kappa shape index (κ1) is 20.5. The Hall–Kier alpha value is -2.79. The van der Waals surface area contributed by atoms with E-state index in [1.54, 1.807) is 6.07 Å². The topological polar surface area (TPSA) is 59.6 Å². The van der Waals surface area contributed by atoms with Crippen LogP contribution in [0.15, 0.2) is 54.6 Å². The number of amides is 1. The van der Waals surface area contributed by atoms with Gasteiger partial charge in [0.15, 0.2) is 0 Å². The molecule has 0 aliphatic carbocycles. The Labute approximate surface area is 178 Å². The number of phenolic OH excluding ortho intramolecular Hbond substituents is 1. The molecule has 1 amide bonds. The van der Waals surface area contributed by atoms with E-state index in [-0.39, 0.29) is 5.91 Å². The van der Waals surface area contributed by atoms with Crippen LogP contribution in [0.2, 0.25) is 0 Å². The molecule has 5 heteroatoms. The van der Waals surface area contributed by atoms with E-state index < -0.39 is 0 Å². The number of H-pyrrole nitrogens is 1. The summed E-state index contributed by atoms with van der Waals surface area (Å²) in [5, 5.41) is 10.7. The van der Waals surface area contributed by atoms with Crippen LogP contribution in [0, 0.1) is 5.92 Å². The monoisotopic (exact) mass is 405 g/mol. The fourth-order valence-corrected chi connectivity index (χ4v) is 4.53. The van der Waals surface area contributed by atoms with Gasteiger partial charge in [-0.25, -0.2) is 0 Å². The Balaban J connectivity index is 1.35. The van der Waals surface area contributed by atoms with E-state index in [1.807, 2.05) is 47.4 Å². The summed E-state index contributed by atoms with van der Waals surface area (Å²) in [6, 6.07) is 17.5. The predicted octanol–water partition coefficient (Wildman–Crippen LogP) is 4.29. The van der Waals surface area contributed by atoms with Gasteiger partial charge >= 0.3 is 0 Å². The van der Waals surface area contributed by atoms with E-state index >= 15 is 0 Å². The molecule has 1 fully saturated rings. The van der Waals surface area contributed by atoms with E-state index in [9.17, 15) is 9.90 Å². The van der Waals surface area contributed by atoms with Gasteiger partial charge in [-0.15, -0.1) is 0 Å². The van der Waals surface area contributed by atoms with Gasteiger partial charge in [-0.3, -0.25) is 4.79 Å². The van der Waals surface area contributed by atoms with Crippen LogP contribution in [0.3, 0.4) is 0 Å². The molecule has 1 saturated heterocycles. The van der Waals surface area contributed by atoms with E-state index in [0.29, 0.717) is 23.9 Å². The van der Waals surface area contributed by atoms with Crippen LogP contribution in [-0.2, 0) is 6.42 Å². The lowest BCUT2D eigenvalue weighted by Crippen LogP contribution is -2.43. The number of para-hydroxylation sites is 1. The number of aromatic hydroxyl groups is 1. The minimum absolute atomic E-state index is 0.0885. The highest BCUT2D eigenvalue weighted by Crippen LogP contribution is 2.21. The number of hydrogen-bond acceptors (Lipinski definition) is 3. The summed E-state index contributed by atoms with van der Waals surface area (Å²) in [6.45, 7) is 6.69. The number of nitrogens with one attached hydrogen (secondary N) is 1. The highest BCUT2D eigenvalue weighted by atomic mass is 16.3. The van der Waals surface area contributed by atoms with Gasteiger partial charge in [0.1, 0.15) is 11.4 Å². The van der Waals surface area contributed by atoms with E-state index in [4.69, 9.17) is 0 Å². The van der Waals surface area contributed by atoms with Crippen molar-refractivity contribution < 1.29 is 9.90 Å². The number of carbonyl (C=O) groups is 1. The molecule has 1 aromatic heterocycles. The van der Waals surface area contributed by atoms with Crippen LogP contribution < -0.4 is 0 Å². The Morgan fingerprint density at radius 3 is 2.87 bits per heavy atom. The zero-order chi connectivity index (χ0) is 20.9. The van der Waals surface area contributed by atoms with Crippen LogP contribution >= 0.6 is 0 Å². The number of hydrogen-bond donors (Lipinski definition) is 2. The van der Waals surface area contributed by atoms with Gasteiger partial charge in [0, 0.05) is 37.1 Å². The molecular weight excluding hydrogens is 374 g/mol. The molecule has 4 rings (SSSR count). The molecule has 1 aliphatic rings. The molecule has 0 spiro atoms. The number of piperidine rings is 1. The van der Waals surface area contributed by atoms with Crippen molar-refractivity contribution in [2.75, 3.05) is 32.7 Å². The highest BCUT2D eigenvalue weighted by Gasteiger charge is 2.25.